The minimum absolute atomic E-state index is 0.0139. The molecule has 1 aromatic rings. The van der Waals surface area contributed by atoms with Crippen molar-refractivity contribution in [1.82, 2.24) is 4.90 Å². The fourth-order valence-corrected chi connectivity index (χ4v) is 2.68. The second-order valence-electron chi connectivity index (χ2n) is 5.28. The third-order valence-electron chi connectivity index (χ3n) is 3.93. The normalized spacial score (nSPS) is 21.0. The molecule has 2 rings (SSSR count). The Kier molecular flexibility index (Phi) is 4.37. The number of anilines is 1. The molecular weight excluding hydrogens is 242 g/mol. The van der Waals surface area contributed by atoms with Gasteiger partial charge in [0.15, 0.2) is 0 Å². The largest absolute Gasteiger partial charge is 0.393 e. The van der Waals surface area contributed by atoms with Crippen molar-refractivity contribution in [3.63, 3.8) is 0 Å². The van der Waals surface area contributed by atoms with Gasteiger partial charge in [0.2, 0.25) is 0 Å². The fourth-order valence-electron chi connectivity index (χ4n) is 2.68. The van der Waals surface area contributed by atoms with Gasteiger partial charge in [-0.05, 0) is 31.9 Å². The second kappa shape index (κ2) is 6.02. The highest BCUT2D eigenvalue weighted by Crippen LogP contribution is 2.27. The van der Waals surface area contributed by atoms with Crippen LogP contribution in [0, 0.1) is 10.1 Å². The number of benzene rings is 1. The zero-order chi connectivity index (χ0) is 13.8. The molecule has 0 bridgehead atoms. The molecule has 1 aliphatic rings. The minimum atomic E-state index is -0.412. The van der Waals surface area contributed by atoms with Crippen molar-refractivity contribution in [3.8, 4) is 0 Å². The van der Waals surface area contributed by atoms with Crippen LogP contribution in [0.2, 0.25) is 0 Å². The number of nitro groups is 1. The average Bonchev–Trinajstić information content (AvgIpc) is 2.57. The predicted molar refractivity (Wildman–Crippen MR) is 75.8 cm³/mol. The third kappa shape index (κ3) is 3.23. The SMILES string of the molecule is CC1CCCCCN1Cc1cccc([N+](=O)[O-])c1N. The quantitative estimate of drug-likeness (QED) is 0.517. The molecule has 0 saturated carbocycles. The van der Waals surface area contributed by atoms with Gasteiger partial charge >= 0.3 is 0 Å². The van der Waals surface area contributed by atoms with E-state index in [1.165, 1.54) is 31.7 Å². The van der Waals surface area contributed by atoms with Gasteiger partial charge in [0.05, 0.1) is 4.92 Å². The first kappa shape index (κ1) is 13.8. The standard InChI is InChI=1S/C14H21N3O2/c1-11-6-3-2-4-9-16(11)10-12-7-5-8-13(14(12)15)17(18)19/h5,7-8,11H,2-4,6,9-10,15H2,1H3. The molecule has 1 fully saturated rings. The smallest absolute Gasteiger partial charge is 0.292 e. The Bertz CT molecular complexity index is 462. The van der Waals surface area contributed by atoms with Crippen LogP contribution in [0.5, 0.6) is 0 Å². The first-order valence-electron chi connectivity index (χ1n) is 6.85. The zero-order valence-electron chi connectivity index (χ0n) is 11.3. The molecule has 1 unspecified atom stereocenters. The molecule has 1 atom stereocenters. The third-order valence-corrected chi connectivity index (χ3v) is 3.93. The van der Waals surface area contributed by atoms with E-state index >= 15 is 0 Å². The molecule has 5 heteroatoms. The average molecular weight is 263 g/mol. The molecule has 1 aliphatic heterocycles. The maximum absolute atomic E-state index is 10.9. The van der Waals surface area contributed by atoms with Gasteiger partial charge in [0.25, 0.3) is 5.69 Å². The summed E-state index contributed by atoms with van der Waals surface area (Å²) in [4.78, 5) is 12.9. The minimum Gasteiger partial charge on any atom is -0.393 e. The first-order chi connectivity index (χ1) is 9.09. The van der Waals surface area contributed by atoms with Crippen LogP contribution in [0.25, 0.3) is 0 Å². The Morgan fingerprint density at radius 3 is 2.95 bits per heavy atom. The summed E-state index contributed by atoms with van der Waals surface area (Å²) in [6.45, 7) is 3.97. The number of nitrogens with zero attached hydrogens (tertiary/aromatic N) is 2. The molecule has 0 amide bonds. The molecule has 1 saturated heterocycles. The lowest BCUT2D eigenvalue weighted by Gasteiger charge is -2.27. The second-order valence-corrected chi connectivity index (χ2v) is 5.28. The highest BCUT2D eigenvalue weighted by molar-refractivity contribution is 5.62. The maximum Gasteiger partial charge on any atom is 0.292 e. The summed E-state index contributed by atoms with van der Waals surface area (Å²) < 4.78 is 0. The molecular formula is C14H21N3O2. The highest BCUT2D eigenvalue weighted by atomic mass is 16.6. The van der Waals surface area contributed by atoms with E-state index in [1.54, 1.807) is 6.07 Å². The summed E-state index contributed by atoms with van der Waals surface area (Å²) in [7, 11) is 0. The Morgan fingerprint density at radius 1 is 1.42 bits per heavy atom. The lowest BCUT2D eigenvalue weighted by atomic mass is 10.1. The molecule has 19 heavy (non-hydrogen) atoms. The van der Waals surface area contributed by atoms with E-state index in [2.05, 4.69) is 11.8 Å². The van der Waals surface area contributed by atoms with Crippen molar-refractivity contribution in [3.05, 3.63) is 33.9 Å². The van der Waals surface area contributed by atoms with E-state index in [9.17, 15) is 10.1 Å². The number of nitrogens with two attached hydrogens (primary N) is 1. The lowest BCUT2D eigenvalue weighted by molar-refractivity contribution is -0.384. The predicted octanol–water partition coefficient (Wildman–Crippen LogP) is 2.94. The molecule has 0 spiro atoms. The number of hydrogen-bond acceptors (Lipinski definition) is 4. The van der Waals surface area contributed by atoms with Crippen LogP contribution in [-0.4, -0.2) is 22.4 Å². The summed E-state index contributed by atoms with van der Waals surface area (Å²) in [5.41, 5.74) is 7.10. The number of nitrogen functional groups attached to an aromatic ring is 1. The van der Waals surface area contributed by atoms with Crippen LogP contribution in [0.1, 0.15) is 38.2 Å². The number of likely N-dealkylation sites (tertiary alicyclic amines) is 1. The Morgan fingerprint density at radius 2 is 2.21 bits per heavy atom. The number of nitro benzene ring substituents is 1. The Labute approximate surface area is 113 Å². The number of hydrogen-bond donors (Lipinski definition) is 1. The van der Waals surface area contributed by atoms with Crippen molar-refractivity contribution in [2.24, 2.45) is 0 Å². The zero-order valence-corrected chi connectivity index (χ0v) is 11.3. The van der Waals surface area contributed by atoms with Gasteiger partial charge in [-0.25, -0.2) is 0 Å². The molecule has 0 aromatic heterocycles. The summed E-state index contributed by atoms with van der Waals surface area (Å²) >= 11 is 0. The van der Waals surface area contributed by atoms with Crippen LogP contribution in [0.15, 0.2) is 18.2 Å². The molecule has 0 radical (unpaired) electrons. The van der Waals surface area contributed by atoms with E-state index in [0.717, 1.165) is 12.1 Å². The first-order valence-corrected chi connectivity index (χ1v) is 6.85. The summed E-state index contributed by atoms with van der Waals surface area (Å²) in [5.74, 6) is 0. The van der Waals surface area contributed by atoms with Gasteiger partial charge in [-0.15, -0.1) is 0 Å². The van der Waals surface area contributed by atoms with E-state index in [0.29, 0.717) is 18.3 Å². The molecule has 2 N–H and O–H groups in total. The van der Waals surface area contributed by atoms with E-state index < -0.39 is 4.92 Å². The summed E-state index contributed by atoms with van der Waals surface area (Å²) in [5, 5.41) is 10.9. The van der Waals surface area contributed by atoms with Gasteiger partial charge in [-0.2, -0.15) is 0 Å². The van der Waals surface area contributed by atoms with Crippen molar-refractivity contribution in [2.45, 2.75) is 45.2 Å². The van der Waals surface area contributed by atoms with Crippen molar-refractivity contribution < 1.29 is 4.92 Å². The molecule has 1 aromatic carbocycles. The topological polar surface area (TPSA) is 72.4 Å². The number of rotatable bonds is 3. The van der Waals surface area contributed by atoms with Crippen LogP contribution in [0.3, 0.4) is 0 Å². The van der Waals surface area contributed by atoms with Gasteiger partial charge < -0.3 is 5.73 Å². The van der Waals surface area contributed by atoms with Crippen molar-refractivity contribution in [2.75, 3.05) is 12.3 Å². The molecule has 0 aliphatic carbocycles. The van der Waals surface area contributed by atoms with E-state index in [1.807, 2.05) is 6.07 Å². The van der Waals surface area contributed by atoms with E-state index in [4.69, 9.17) is 5.73 Å². The molecule has 5 nitrogen and oxygen atoms in total. The monoisotopic (exact) mass is 263 g/mol. The summed E-state index contributed by atoms with van der Waals surface area (Å²) in [6, 6.07) is 5.58. The van der Waals surface area contributed by atoms with Gasteiger partial charge in [-0.3, -0.25) is 15.0 Å². The fraction of sp³-hybridized carbons (Fsp3) is 0.571. The Hall–Kier alpha value is -1.62. The lowest BCUT2D eigenvalue weighted by Crippen LogP contribution is -2.32. The van der Waals surface area contributed by atoms with Crippen LogP contribution >= 0.6 is 0 Å². The van der Waals surface area contributed by atoms with Crippen molar-refractivity contribution >= 4 is 11.4 Å². The Balaban J connectivity index is 2.18. The molecule has 1 heterocycles. The summed E-state index contributed by atoms with van der Waals surface area (Å²) in [6.07, 6.45) is 4.92. The number of para-hydroxylation sites is 1. The van der Waals surface area contributed by atoms with Gasteiger partial charge in [0.1, 0.15) is 5.69 Å². The van der Waals surface area contributed by atoms with Crippen molar-refractivity contribution in [1.29, 1.82) is 0 Å². The van der Waals surface area contributed by atoms with Crippen LogP contribution in [0.4, 0.5) is 11.4 Å². The maximum atomic E-state index is 10.9. The molecule has 104 valence electrons. The van der Waals surface area contributed by atoms with Crippen LogP contribution in [-0.2, 0) is 6.54 Å². The van der Waals surface area contributed by atoms with Crippen LogP contribution < -0.4 is 5.73 Å². The highest BCUT2D eigenvalue weighted by Gasteiger charge is 2.20. The van der Waals surface area contributed by atoms with Gasteiger partial charge in [-0.1, -0.05) is 25.0 Å². The van der Waals surface area contributed by atoms with Gasteiger partial charge in [0, 0.05) is 18.7 Å². The van der Waals surface area contributed by atoms with E-state index in [-0.39, 0.29) is 5.69 Å².